The highest BCUT2D eigenvalue weighted by molar-refractivity contribution is 5.82. The predicted octanol–water partition coefficient (Wildman–Crippen LogP) is 2.11. The first-order valence-corrected chi connectivity index (χ1v) is 10.7. The van der Waals surface area contributed by atoms with Crippen LogP contribution in [0.25, 0.3) is 0 Å². The molecule has 27 heavy (non-hydrogen) atoms. The third-order valence-electron chi connectivity index (χ3n) is 7.63. The van der Waals surface area contributed by atoms with Crippen LogP contribution in [-0.2, 0) is 4.79 Å². The standard InChI is InChI=1S/C22H32N4O/c1-25-15-18(16-5-3-2-4-6-16)14-22(25)9-11-26(12-10-22)21(27)20-13-19(23-24-20)17-7-8-17/h2-6,17-20,23-24H,7-15H2,1H3. The van der Waals surface area contributed by atoms with E-state index in [1.165, 1.54) is 24.8 Å². The van der Waals surface area contributed by atoms with Gasteiger partial charge in [0.2, 0.25) is 5.91 Å². The second kappa shape index (κ2) is 6.87. The molecular weight excluding hydrogens is 336 g/mol. The van der Waals surface area contributed by atoms with Gasteiger partial charge in [-0.05, 0) is 63.0 Å². The maximum atomic E-state index is 13.0. The number of piperidine rings is 1. The number of amides is 1. The lowest BCUT2D eigenvalue weighted by Crippen LogP contribution is -2.55. The van der Waals surface area contributed by atoms with E-state index >= 15 is 0 Å². The van der Waals surface area contributed by atoms with Crippen molar-refractivity contribution in [3.63, 3.8) is 0 Å². The van der Waals surface area contributed by atoms with Gasteiger partial charge in [-0.2, -0.15) is 0 Å². The van der Waals surface area contributed by atoms with E-state index in [0.717, 1.165) is 44.8 Å². The number of hydrazine groups is 1. The highest BCUT2D eigenvalue weighted by Crippen LogP contribution is 2.44. The van der Waals surface area contributed by atoms with E-state index in [0.29, 0.717) is 17.9 Å². The summed E-state index contributed by atoms with van der Waals surface area (Å²) in [6.45, 7) is 2.93. The summed E-state index contributed by atoms with van der Waals surface area (Å²) in [6, 6.07) is 11.4. The van der Waals surface area contributed by atoms with E-state index in [9.17, 15) is 4.79 Å². The molecule has 3 saturated heterocycles. The monoisotopic (exact) mass is 368 g/mol. The molecule has 1 spiro atoms. The molecule has 1 aromatic rings. The van der Waals surface area contributed by atoms with Crippen LogP contribution in [0, 0.1) is 5.92 Å². The average molecular weight is 369 g/mol. The van der Waals surface area contributed by atoms with Crippen LogP contribution < -0.4 is 10.9 Å². The van der Waals surface area contributed by atoms with Crippen LogP contribution in [0.4, 0.5) is 0 Å². The molecule has 5 rings (SSSR count). The number of rotatable bonds is 3. The molecule has 1 aliphatic carbocycles. The zero-order valence-electron chi connectivity index (χ0n) is 16.4. The van der Waals surface area contributed by atoms with E-state index in [4.69, 9.17) is 0 Å². The molecule has 2 N–H and O–H groups in total. The minimum atomic E-state index is -0.0250. The van der Waals surface area contributed by atoms with Crippen molar-refractivity contribution in [3.8, 4) is 0 Å². The Hall–Kier alpha value is -1.43. The number of nitrogens with zero attached hydrogens (tertiary/aromatic N) is 2. The Kier molecular flexibility index (Phi) is 4.49. The van der Waals surface area contributed by atoms with Gasteiger partial charge in [0, 0.05) is 31.2 Å². The maximum absolute atomic E-state index is 13.0. The zero-order valence-corrected chi connectivity index (χ0v) is 16.4. The van der Waals surface area contributed by atoms with E-state index < -0.39 is 0 Å². The number of hydrogen-bond acceptors (Lipinski definition) is 4. The number of benzene rings is 1. The molecule has 3 unspecified atom stereocenters. The molecule has 0 radical (unpaired) electrons. The van der Waals surface area contributed by atoms with Crippen LogP contribution in [0.2, 0.25) is 0 Å². The van der Waals surface area contributed by atoms with Gasteiger partial charge in [0.05, 0.1) is 0 Å². The summed E-state index contributed by atoms with van der Waals surface area (Å²) in [6.07, 6.45) is 7.03. The molecule has 4 fully saturated rings. The summed E-state index contributed by atoms with van der Waals surface area (Å²) < 4.78 is 0. The molecule has 3 atom stereocenters. The SMILES string of the molecule is CN1CC(c2ccccc2)CC12CCN(C(=O)C1CC(C3CC3)NN1)CC2. The van der Waals surface area contributed by atoms with Crippen molar-refractivity contribution in [3.05, 3.63) is 35.9 Å². The molecule has 5 nitrogen and oxygen atoms in total. The van der Waals surface area contributed by atoms with Gasteiger partial charge >= 0.3 is 0 Å². The van der Waals surface area contributed by atoms with Crippen LogP contribution in [0.1, 0.15) is 50.0 Å². The summed E-state index contributed by atoms with van der Waals surface area (Å²) >= 11 is 0. The van der Waals surface area contributed by atoms with Gasteiger partial charge < -0.3 is 4.90 Å². The van der Waals surface area contributed by atoms with E-state index in [1.54, 1.807) is 0 Å². The molecule has 1 amide bonds. The molecule has 4 aliphatic rings. The number of hydrogen-bond donors (Lipinski definition) is 2. The molecule has 146 valence electrons. The Morgan fingerprint density at radius 1 is 1.11 bits per heavy atom. The molecule has 3 aliphatic heterocycles. The van der Waals surface area contributed by atoms with Gasteiger partial charge in [-0.3, -0.25) is 15.1 Å². The van der Waals surface area contributed by atoms with Crippen LogP contribution >= 0.6 is 0 Å². The quantitative estimate of drug-likeness (QED) is 0.858. The molecule has 1 saturated carbocycles. The van der Waals surface area contributed by atoms with Gasteiger partial charge in [-0.15, -0.1) is 0 Å². The predicted molar refractivity (Wildman–Crippen MR) is 106 cm³/mol. The molecular formula is C22H32N4O. The minimum Gasteiger partial charge on any atom is -0.341 e. The lowest BCUT2D eigenvalue weighted by molar-refractivity contribution is -0.135. The molecule has 0 aromatic heterocycles. The Labute approximate surface area is 162 Å². The second-order valence-corrected chi connectivity index (χ2v) is 9.26. The Balaban J connectivity index is 1.19. The fraction of sp³-hybridized carbons (Fsp3) is 0.682. The number of nitrogens with one attached hydrogen (secondary N) is 2. The summed E-state index contributed by atoms with van der Waals surface area (Å²) in [4.78, 5) is 17.7. The van der Waals surface area contributed by atoms with Crippen LogP contribution in [-0.4, -0.2) is 60.0 Å². The van der Waals surface area contributed by atoms with Crippen LogP contribution in [0.3, 0.4) is 0 Å². The minimum absolute atomic E-state index is 0.0250. The van der Waals surface area contributed by atoms with E-state index in [-0.39, 0.29) is 11.6 Å². The van der Waals surface area contributed by atoms with Gasteiger partial charge in [-0.25, -0.2) is 5.43 Å². The first-order chi connectivity index (χ1) is 13.1. The fourth-order valence-electron chi connectivity index (χ4n) is 5.65. The summed E-state index contributed by atoms with van der Waals surface area (Å²) in [5, 5.41) is 0. The van der Waals surface area contributed by atoms with Crippen molar-refractivity contribution >= 4 is 5.91 Å². The molecule has 3 heterocycles. The molecule has 5 heteroatoms. The van der Waals surface area contributed by atoms with Crippen molar-refractivity contribution < 1.29 is 4.79 Å². The van der Waals surface area contributed by atoms with Gasteiger partial charge in [0.1, 0.15) is 6.04 Å². The highest BCUT2D eigenvalue weighted by atomic mass is 16.2. The summed E-state index contributed by atoms with van der Waals surface area (Å²) in [7, 11) is 2.28. The van der Waals surface area contributed by atoms with Crippen molar-refractivity contribution in [2.75, 3.05) is 26.7 Å². The van der Waals surface area contributed by atoms with Crippen molar-refractivity contribution in [2.24, 2.45) is 5.92 Å². The third kappa shape index (κ3) is 3.30. The maximum Gasteiger partial charge on any atom is 0.241 e. The second-order valence-electron chi connectivity index (χ2n) is 9.26. The zero-order chi connectivity index (χ0) is 18.4. The Bertz CT molecular complexity index is 681. The van der Waals surface area contributed by atoms with Gasteiger partial charge in [-0.1, -0.05) is 30.3 Å². The van der Waals surface area contributed by atoms with Crippen LogP contribution in [0.15, 0.2) is 30.3 Å². The normalized spacial score (nSPS) is 33.7. The van der Waals surface area contributed by atoms with Crippen LogP contribution in [0.5, 0.6) is 0 Å². The lowest BCUT2D eigenvalue weighted by Gasteiger charge is -2.44. The number of carbonyl (C=O) groups is 1. The smallest absolute Gasteiger partial charge is 0.241 e. The average Bonchev–Trinajstić information content (AvgIpc) is 3.35. The van der Waals surface area contributed by atoms with Crippen molar-refractivity contribution in [2.45, 2.75) is 62.1 Å². The highest BCUT2D eigenvalue weighted by Gasteiger charge is 2.47. The number of likely N-dealkylation sites (N-methyl/N-ethyl adjacent to an activating group) is 1. The topological polar surface area (TPSA) is 47.6 Å². The Morgan fingerprint density at radius 3 is 2.56 bits per heavy atom. The largest absolute Gasteiger partial charge is 0.341 e. The third-order valence-corrected chi connectivity index (χ3v) is 7.63. The van der Waals surface area contributed by atoms with Gasteiger partial charge in [0.15, 0.2) is 0 Å². The molecule has 0 bridgehead atoms. The first-order valence-electron chi connectivity index (χ1n) is 10.7. The van der Waals surface area contributed by atoms with Crippen molar-refractivity contribution in [1.82, 2.24) is 20.7 Å². The fourth-order valence-corrected chi connectivity index (χ4v) is 5.65. The van der Waals surface area contributed by atoms with Crippen molar-refractivity contribution in [1.29, 1.82) is 0 Å². The summed E-state index contributed by atoms with van der Waals surface area (Å²) in [5.74, 6) is 1.72. The van der Waals surface area contributed by atoms with E-state index in [2.05, 4.69) is 58.0 Å². The summed E-state index contributed by atoms with van der Waals surface area (Å²) in [5.41, 5.74) is 8.37. The Morgan fingerprint density at radius 2 is 1.85 bits per heavy atom. The van der Waals surface area contributed by atoms with Gasteiger partial charge in [0.25, 0.3) is 0 Å². The first kappa shape index (κ1) is 17.7. The van der Waals surface area contributed by atoms with E-state index in [1.807, 2.05) is 0 Å². The lowest BCUT2D eigenvalue weighted by atomic mass is 9.81. The number of carbonyl (C=O) groups excluding carboxylic acids is 1. The number of likely N-dealkylation sites (tertiary alicyclic amines) is 2. The molecule has 1 aromatic carbocycles.